The van der Waals surface area contributed by atoms with Crippen molar-refractivity contribution in [3.05, 3.63) is 0 Å². The van der Waals surface area contributed by atoms with Gasteiger partial charge in [-0.05, 0) is 63.5 Å². The maximum Gasteiger partial charge on any atom is 0.0110 e. The minimum atomic E-state index is 0.810. The first kappa shape index (κ1) is 13.9. The Hall–Kier alpha value is -0.0800. The fourth-order valence-electron chi connectivity index (χ4n) is 4.67. The van der Waals surface area contributed by atoms with E-state index in [0.717, 1.165) is 23.9 Å². The van der Waals surface area contributed by atoms with Crippen molar-refractivity contribution in [2.24, 2.45) is 11.8 Å². The topological polar surface area (TPSA) is 24.1 Å². The third-order valence-corrected chi connectivity index (χ3v) is 5.83. The van der Waals surface area contributed by atoms with E-state index in [1.165, 1.54) is 83.7 Å². The molecule has 0 bridgehead atoms. The average molecular weight is 264 g/mol. The molecule has 0 aromatic heterocycles. The molecule has 1 saturated heterocycles. The van der Waals surface area contributed by atoms with Crippen LogP contribution in [-0.2, 0) is 0 Å². The second-order valence-electron chi connectivity index (χ2n) is 7.17. The Morgan fingerprint density at radius 2 is 1.53 bits per heavy atom. The van der Waals surface area contributed by atoms with Gasteiger partial charge < -0.3 is 10.6 Å². The van der Waals surface area contributed by atoms with Crippen molar-refractivity contribution in [3.63, 3.8) is 0 Å². The summed E-state index contributed by atoms with van der Waals surface area (Å²) in [4.78, 5) is 0. The molecule has 0 amide bonds. The number of nitrogens with one attached hydrogen (secondary N) is 2. The van der Waals surface area contributed by atoms with Crippen LogP contribution in [0.25, 0.3) is 0 Å². The predicted molar refractivity (Wildman–Crippen MR) is 81.3 cm³/mol. The zero-order chi connectivity index (χ0) is 12.9. The highest BCUT2D eigenvalue weighted by atomic mass is 15.0. The van der Waals surface area contributed by atoms with Crippen molar-refractivity contribution in [2.75, 3.05) is 13.1 Å². The lowest BCUT2D eigenvalue weighted by molar-refractivity contribution is 0.177. The molecule has 0 aromatic rings. The van der Waals surface area contributed by atoms with E-state index in [1.54, 1.807) is 0 Å². The van der Waals surface area contributed by atoms with Crippen LogP contribution in [0.5, 0.6) is 0 Å². The van der Waals surface area contributed by atoms with Gasteiger partial charge in [-0.15, -0.1) is 0 Å². The van der Waals surface area contributed by atoms with Crippen molar-refractivity contribution in [1.29, 1.82) is 0 Å². The van der Waals surface area contributed by atoms with Gasteiger partial charge in [-0.2, -0.15) is 0 Å². The van der Waals surface area contributed by atoms with Gasteiger partial charge in [-0.3, -0.25) is 0 Å². The Bertz CT molecular complexity index is 254. The lowest BCUT2D eigenvalue weighted by atomic mass is 9.77. The SMILES string of the molecule is C1CCC(C2CCCCC2NCC2CCCC2)NC1. The van der Waals surface area contributed by atoms with Crippen molar-refractivity contribution >= 4 is 0 Å². The van der Waals surface area contributed by atoms with E-state index < -0.39 is 0 Å². The molecular formula is C17H32N2. The van der Waals surface area contributed by atoms with Gasteiger partial charge in [0.05, 0.1) is 0 Å². The Kier molecular flexibility index (Phi) is 5.17. The van der Waals surface area contributed by atoms with Crippen molar-refractivity contribution in [2.45, 2.75) is 82.7 Å². The predicted octanol–water partition coefficient (Wildman–Crippen LogP) is 3.47. The summed E-state index contributed by atoms with van der Waals surface area (Å²) in [6, 6.07) is 1.63. The molecule has 1 aliphatic heterocycles. The van der Waals surface area contributed by atoms with Gasteiger partial charge in [0.15, 0.2) is 0 Å². The van der Waals surface area contributed by atoms with Crippen LogP contribution in [0.15, 0.2) is 0 Å². The molecule has 3 aliphatic rings. The Morgan fingerprint density at radius 3 is 2.32 bits per heavy atom. The van der Waals surface area contributed by atoms with E-state index in [4.69, 9.17) is 0 Å². The van der Waals surface area contributed by atoms with Gasteiger partial charge in [0.1, 0.15) is 0 Å². The van der Waals surface area contributed by atoms with Gasteiger partial charge in [-0.25, -0.2) is 0 Å². The molecule has 2 heteroatoms. The fraction of sp³-hybridized carbons (Fsp3) is 1.00. The number of hydrogen-bond acceptors (Lipinski definition) is 2. The minimum Gasteiger partial charge on any atom is -0.314 e. The molecular weight excluding hydrogens is 232 g/mol. The molecule has 3 unspecified atom stereocenters. The highest BCUT2D eigenvalue weighted by Crippen LogP contribution is 2.31. The molecule has 3 atom stereocenters. The smallest absolute Gasteiger partial charge is 0.0110 e. The largest absolute Gasteiger partial charge is 0.314 e. The summed E-state index contributed by atoms with van der Waals surface area (Å²) in [7, 11) is 0. The van der Waals surface area contributed by atoms with Gasteiger partial charge >= 0.3 is 0 Å². The molecule has 19 heavy (non-hydrogen) atoms. The van der Waals surface area contributed by atoms with Crippen LogP contribution in [0.2, 0.25) is 0 Å². The van der Waals surface area contributed by atoms with Crippen LogP contribution < -0.4 is 10.6 Å². The molecule has 2 nitrogen and oxygen atoms in total. The number of rotatable bonds is 4. The van der Waals surface area contributed by atoms with Crippen molar-refractivity contribution < 1.29 is 0 Å². The van der Waals surface area contributed by atoms with E-state index >= 15 is 0 Å². The Morgan fingerprint density at radius 1 is 0.789 bits per heavy atom. The van der Waals surface area contributed by atoms with E-state index in [1.807, 2.05) is 0 Å². The highest BCUT2D eigenvalue weighted by molar-refractivity contribution is 4.91. The Labute approximate surface area is 119 Å². The van der Waals surface area contributed by atoms with E-state index in [9.17, 15) is 0 Å². The maximum atomic E-state index is 3.97. The molecule has 2 aliphatic carbocycles. The van der Waals surface area contributed by atoms with E-state index in [-0.39, 0.29) is 0 Å². The number of hydrogen-bond donors (Lipinski definition) is 2. The van der Waals surface area contributed by atoms with Gasteiger partial charge in [0.2, 0.25) is 0 Å². The van der Waals surface area contributed by atoms with E-state index in [2.05, 4.69) is 10.6 Å². The quantitative estimate of drug-likeness (QED) is 0.812. The second kappa shape index (κ2) is 7.08. The molecule has 2 N–H and O–H groups in total. The second-order valence-corrected chi connectivity index (χ2v) is 7.17. The summed E-state index contributed by atoms with van der Waals surface area (Å²) in [5.74, 6) is 1.90. The van der Waals surface area contributed by atoms with E-state index in [0.29, 0.717) is 0 Å². The van der Waals surface area contributed by atoms with Crippen molar-refractivity contribution in [3.8, 4) is 0 Å². The molecule has 2 saturated carbocycles. The number of piperidine rings is 1. The lowest BCUT2D eigenvalue weighted by Crippen LogP contribution is -2.51. The van der Waals surface area contributed by atoms with Gasteiger partial charge in [0, 0.05) is 12.1 Å². The lowest BCUT2D eigenvalue weighted by Gasteiger charge is -2.40. The molecule has 110 valence electrons. The first-order valence-corrected chi connectivity index (χ1v) is 8.90. The molecule has 3 rings (SSSR count). The summed E-state index contributed by atoms with van der Waals surface area (Å²) in [6.07, 6.45) is 16.0. The van der Waals surface area contributed by atoms with Crippen LogP contribution in [0.3, 0.4) is 0 Å². The zero-order valence-electron chi connectivity index (χ0n) is 12.5. The monoisotopic (exact) mass is 264 g/mol. The Balaban J connectivity index is 1.50. The molecule has 1 heterocycles. The summed E-state index contributed by atoms with van der Waals surface area (Å²) < 4.78 is 0. The minimum absolute atomic E-state index is 0.810. The van der Waals surface area contributed by atoms with Crippen molar-refractivity contribution in [1.82, 2.24) is 10.6 Å². The zero-order valence-corrected chi connectivity index (χ0v) is 12.5. The fourth-order valence-corrected chi connectivity index (χ4v) is 4.67. The first-order valence-electron chi connectivity index (χ1n) is 8.90. The third kappa shape index (κ3) is 3.72. The van der Waals surface area contributed by atoms with Crippen LogP contribution in [0.4, 0.5) is 0 Å². The van der Waals surface area contributed by atoms with Crippen LogP contribution in [0.1, 0.15) is 70.6 Å². The average Bonchev–Trinajstić information content (AvgIpc) is 3.00. The van der Waals surface area contributed by atoms with Crippen LogP contribution >= 0.6 is 0 Å². The summed E-state index contributed by atoms with van der Waals surface area (Å²) in [5.41, 5.74) is 0. The third-order valence-electron chi connectivity index (χ3n) is 5.83. The molecule has 0 spiro atoms. The standard InChI is InChI=1S/C17H32N2/c1-2-8-14(7-1)13-19-17-10-4-3-9-15(17)16-11-5-6-12-18-16/h14-19H,1-13H2. The molecule has 3 fully saturated rings. The van der Waals surface area contributed by atoms with Gasteiger partial charge in [0.25, 0.3) is 0 Å². The first-order chi connectivity index (χ1) is 9.43. The molecule has 0 radical (unpaired) electrons. The highest BCUT2D eigenvalue weighted by Gasteiger charge is 2.32. The molecule has 0 aromatic carbocycles. The summed E-state index contributed by atoms with van der Waals surface area (Å²) in [6.45, 7) is 2.56. The summed E-state index contributed by atoms with van der Waals surface area (Å²) >= 11 is 0. The van der Waals surface area contributed by atoms with Gasteiger partial charge in [-0.1, -0.05) is 32.1 Å². The van der Waals surface area contributed by atoms with Crippen LogP contribution in [-0.4, -0.2) is 25.2 Å². The summed E-state index contributed by atoms with van der Waals surface area (Å²) in [5, 5.41) is 7.78. The van der Waals surface area contributed by atoms with Crippen LogP contribution in [0, 0.1) is 11.8 Å². The maximum absolute atomic E-state index is 3.97. The normalized spacial score (nSPS) is 37.6.